The van der Waals surface area contributed by atoms with Crippen LogP contribution in [0.2, 0.25) is 0 Å². The Labute approximate surface area is 130 Å². The first-order chi connectivity index (χ1) is 10.5. The van der Waals surface area contributed by atoms with E-state index in [4.69, 9.17) is 0 Å². The van der Waals surface area contributed by atoms with Crippen molar-refractivity contribution in [3.05, 3.63) is 35.4 Å². The van der Waals surface area contributed by atoms with Gasteiger partial charge in [-0.2, -0.15) is 0 Å². The van der Waals surface area contributed by atoms with E-state index in [2.05, 4.69) is 5.32 Å². The van der Waals surface area contributed by atoms with Crippen LogP contribution in [-0.4, -0.2) is 53.7 Å². The third kappa shape index (κ3) is 4.07. The first kappa shape index (κ1) is 16.0. The Kier molecular flexibility index (Phi) is 5.14. The molecule has 1 fully saturated rings. The molecule has 1 N–H and O–H groups in total. The molecule has 0 bridgehead atoms. The Morgan fingerprint density at radius 2 is 1.50 bits per heavy atom. The zero-order valence-electron chi connectivity index (χ0n) is 13.0. The molecule has 6 nitrogen and oxygen atoms in total. The Morgan fingerprint density at radius 3 is 2.00 bits per heavy atom. The number of hydrogen-bond acceptors (Lipinski definition) is 3. The number of piperazine rings is 1. The highest BCUT2D eigenvalue weighted by Gasteiger charge is 2.23. The molecule has 118 valence electrons. The number of nitrogens with zero attached hydrogens (tertiary/aromatic N) is 2. The molecule has 0 unspecified atom stereocenters. The van der Waals surface area contributed by atoms with E-state index in [0.717, 1.165) is 5.56 Å². The lowest BCUT2D eigenvalue weighted by Crippen LogP contribution is -2.50. The van der Waals surface area contributed by atoms with Crippen LogP contribution in [0, 0.1) is 0 Å². The average molecular weight is 303 g/mol. The first-order valence-electron chi connectivity index (χ1n) is 7.35. The molecule has 1 heterocycles. The van der Waals surface area contributed by atoms with Gasteiger partial charge in [-0.05, 0) is 17.7 Å². The van der Waals surface area contributed by atoms with Gasteiger partial charge < -0.3 is 15.1 Å². The minimum Gasteiger partial charge on any atom is -0.352 e. The minimum atomic E-state index is -0.0801. The molecule has 2 rings (SSSR count). The van der Waals surface area contributed by atoms with Crippen molar-refractivity contribution in [3.8, 4) is 0 Å². The van der Waals surface area contributed by atoms with E-state index in [1.54, 1.807) is 28.9 Å². The summed E-state index contributed by atoms with van der Waals surface area (Å²) in [6, 6.07) is 7.23. The van der Waals surface area contributed by atoms with Crippen molar-refractivity contribution in [1.29, 1.82) is 0 Å². The van der Waals surface area contributed by atoms with Crippen LogP contribution in [0.15, 0.2) is 24.3 Å². The summed E-state index contributed by atoms with van der Waals surface area (Å²) in [6.07, 6.45) is 0. The summed E-state index contributed by atoms with van der Waals surface area (Å²) >= 11 is 0. The molecule has 0 radical (unpaired) electrons. The molecule has 1 aliphatic heterocycles. The summed E-state index contributed by atoms with van der Waals surface area (Å²) in [4.78, 5) is 38.1. The highest BCUT2D eigenvalue weighted by molar-refractivity contribution is 5.94. The van der Waals surface area contributed by atoms with Crippen molar-refractivity contribution in [3.63, 3.8) is 0 Å². The lowest BCUT2D eigenvalue weighted by Gasteiger charge is -2.34. The Morgan fingerprint density at radius 1 is 0.955 bits per heavy atom. The molecular weight excluding hydrogens is 282 g/mol. The van der Waals surface area contributed by atoms with Crippen LogP contribution in [0.3, 0.4) is 0 Å². The van der Waals surface area contributed by atoms with Crippen molar-refractivity contribution in [1.82, 2.24) is 15.1 Å². The van der Waals surface area contributed by atoms with Gasteiger partial charge in [-0.1, -0.05) is 12.1 Å². The molecule has 0 aromatic heterocycles. The fourth-order valence-electron chi connectivity index (χ4n) is 2.40. The summed E-state index contributed by atoms with van der Waals surface area (Å²) in [6.45, 7) is 5.77. The molecule has 0 aliphatic carbocycles. The largest absolute Gasteiger partial charge is 0.352 e. The van der Waals surface area contributed by atoms with Gasteiger partial charge in [0.25, 0.3) is 5.91 Å². The first-order valence-corrected chi connectivity index (χ1v) is 7.35. The predicted octanol–water partition coefficient (Wildman–Crippen LogP) is 0.627. The van der Waals surface area contributed by atoms with Gasteiger partial charge in [-0.25, -0.2) is 0 Å². The SMILES string of the molecule is CC(=O)NCc1ccc(C(=O)N2CCN(C(C)=O)CC2)cc1. The fraction of sp³-hybridized carbons (Fsp3) is 0.438. The molecule has 3 amide bonds. The molecule has 1 aromatic carbocycles. The predicted molar refractivity (Wildman–Crippen MR) is 82.1 cm³/mol. The molecule has 1 aromatic rings. The summed E-state index contributed by atoms with van der Waals surface area (Å²) in [5.41, 5.74) is 1.58. The maximum Gasteiger partial charge on any atom is 0.253 e. The molecule has 0 saturated carbocycles. The number of carbonyl (C=O) groups excluding carboxylic acids is 3. The number of benzene rings is 1. The fourth-order valence-corrected chi connectivity index (χ4v) is 2.40. The Bertz CT molecular complexity index is 561. The van der Waals surface area contributed by atoms with Crippen molar-refractivity contribution in [2.24, 2.45) is 0 Å². The zero-order valence-corrected chi connectivity index (χ0v) is 13.0. The Balaban J connectivity index is 1.93. The standard InChI is InChI=1S/C16H21N3O3/c1-12(20)17-11-14-3-5-15(6-4-14)16(22)19-9-7-18(8-10-19)13(2)21/h3-6H,7-11H2,1-2H3,(H,17,20). The van der Waals surface area contributed by atoms with Crippen LogP contribution < -0.4 is 5.32 Å². The van der Waals surface area contributed by atoms with E-state index in [-0.39, 0.29) is 17.7 Å². The quantitative estimate of drug-likeness (QED) is 0.890. The second-order valence-electron chi connectivity index (χ2n) is 5.40. The van der Waals surface area contributed by atoms with Crippen LogP contribution in [0.1, 0.15) is 29.8 Å². The molecule has 1 aliphatic rings. The smallest absolute Gasteiger partial charge is 0.253 e. The van der Waals surface area contributed by atoms with Gasteiger partial charge in [-0.3, -0.25) is 14.4 Å². The highest BCUT2D eigenvalue weighted by atomic mass is 16.2. The van der Waals surface area contributed by atoms with Gasteiger partial charge in [0.1, 0.15) is 0 Å². The number of hydrogen-bond donors (Lipinski definition) is 1. The molecule has 6 heteroatoms. The summed E-state index contributed by atoms with van der Waals surface area (Å²) < 4.78 is 0. The van der Waals surface area contributed by atoms with Crippen molar-refractivity contribution in [2.45, 2.75) is 20.4 Å². The summed E-state index contributed by atoms with van der Waals surface area (Å²) in [5, 5.41) is 2.72. The topological polar surface area (TPSA) is 69.7 Å². The maximum atomic E-state index is 12.4. The van der Waals surface area contributed by atoms with E-state index in [9.17, 15) is 14.4 Å². The number of rotatable bonds is 3. The number of carbonyl (C=O) groups is 3. The average Bonchev–Trinajstić information content (AvgIpc) is 2.53. The van der Waals surface area contributed by atoms with Crippen molar-refractivity contribution in [2.75, 3.05) is 26.2 Å². The molecular formula is C16H21N3O3. The van der Waals surface area contributed by atoms with Gasteiger partial charge in [-0.15, -0.1) is 0 Å². The normalized spacial score (nSPS) is 14.6. The van der Waals surface area contributed by atoms with E-state index >= 15 is 0 Å². The lowest BCUT2D eigenvalue weighted by molar-refractivity contribution is -0.130. The van der Waals surface area contributed by atoms with Gasteiger partial charge in [0.2, 0.25) is 11.8 Å². The van der Waals surface area contributed by atoms with Crippen LogP contribution in [0.4, 0.5) is 0 Å². The van der Waals surface area contributed by atoms with Gasteiger partial charge in [0.05, 0.1) is 0 Å². The summed E-state index contributed by atoms with van der Waals surface area (Å²) in [7, 11) is 0. The van der Waals surface area contributed by atoms with Crippen molar-refractivity contribution < 1.29 is 14.4 Å². The van der Waals surface area contributed by atoms with E-state index in [0.29, 0.717) is 38.3 Å². The molecule has 0 spiro atoms. The van der Waals surface area contributed by atoms with Gasteiger partial charge in [0, 0.05) is 52.1 Å². The molecule has 1 saturated heterocycles. The van der Waals surface area contributed by atoms with Crippen LogP contribution in [0.5, 0.6) is 0 Å². The summed E-state index contributed by atoms with van der Waals surface area (Å²) in [5.74, 6) is -0.0489. The second kappa shape index (κ2) is 7.06. The van der Waals surface area contributed by atoms with Crippen molar-refractivity contribution >= 4 is 17.7 Å². The molecule has 22 heavy (non-hydrogen) atoms. The van der Waals surface area contributed by atoms with Gasteiger partial charge >= 0.3 is 0 Å². The van der Waals surface area contributed by atoms with Crippen LogP contribution >= 0.6 is 0 Å². The van der Waals surface area contributed by atoms with Crippen LogP contribution in [0.25, 0.3) is 0 Å². The number of amides is 3. The highest BCUT2D eigenvalue weighted by Crippen LogP contribution is 2.10. The third-order valence-corrected chi connectivity index (χ3v) is 3.75. The van der Waals surface area contributed by atoms with E-state index in [1.165, 1.54) is 6.92 Å². The molecule has 0 atom stereocenters. The van der Waals surface area contributed by atoms with Gasteiger partial charge in [0.15, 0.2) is 0 Å². The zero-order chi connectivity index (χ0) is 16.1. The lowest BCUT2D eigenvalue weighted by atomic mass is 10.1. The number of nitrogens with one attached hydrogen (secondary N) is 1. The maximum absolute atomic E-state index is 12.4. The Hall–Kier alpha value is -2.37. The van der Waals surface area contributed by atoms with E-state index in [1.807, 2.05) is 12.1 Å². The second-order valence-corrected chi connectivity index (χ2v) is 5.40. The van der Waals surface area contributed by atoms with Crippen LogP contribution in [-0.2, 0) is 16.1 Å². The minimum absolute atomic E-state index is 0.0192. The third-order valence-electron chi connectivity index (χ3n) is 3.75. The van der Waals surface area contributed by atoms with E-state index < -0.39 is 0 Å². The monoisotopic (exact) mass is 303 g/mol.